The van der Waals surface area contributed by atoms with Crippen LogP contribution in [-0.2, 0) is 0 Å². The lowest BCUT2D eigenvalue weighted by atomic mass is 9.97. The Labute approximate surface area is 93.9 Å². The van der Waals surface area contributed by atoms with Gasteiger partial charge in [-0.1, -0.05) is 0 Å². The van der Waals surface area contributed by atoms with Gasteiger partial charge in [-0.15, -0.1) is 0 Å². The van der Waals surface area contributed by atoms with E-state index in [4.69, 9.17) is 10.00 Å². The summed E-state index contributed by atoms with van der Waals surface area (Å²) in [6, 6.07) is 2.25. The number of nitrogens with zero attached hydrogens (tertiary/aromatic N) is 2. The zero-order valence-corrected chi connectivity index (χ0v) is 9.33. The average molecular weight is 220 g/mol. The first-order valence-electron chi connectivity index (χ1n) is 5.27. The van der Waals surface area contributed by atoms with Crippen molar-refractivity contribution in [2.75, 3.05) is 7.11 Å². The van der Waals surface area contributed by atoms with Gasteiger partial charge in [-0.25, -0.2) is 4.39 Å². The Morgan fingerprint density at radius 3 is 2.81 bits per heavy atom. The van der Waals surface area contributed by atoms with Crippen LogP contribution in [0.2, 0.25) is 0 Å². The topological polar surface area (TPSA) is 45.9 Å². The predicted molar refractivity (Wildman–Crippen MR) is 56.6 cm³/mol. The number of ether oxygens (including phenoxy) is 1. The number of rotatable bonds is 3. The highest BCUT2D eigenvalue weighted by atomic mass is 19.1. The molecule has 0 bridgehead atoms. The van der Waals surface area contributed by atoms with Gasteiger partial charge in [0.1, 0.15) is 0 Å². The van der Waals surface area contributed by atoms with E-state index in [9.17, 15) is 4.39 Å². The number of nitriles is 1. The lowest BCUT2D eigenvalue weighted by Gasteiger charge is -2.13. The maximum Gasteiger partial charge on any atom is 0.183 e. The fourth-order valence-electron chi connectivity index (χ4n) is 1.96. The van der Waals surface area contributed by atoms with Gasteiger partial charge in [0.2, 0.25) is 0 Å². The van der Waals surface area contributed by atoms with Gasteiger partial charge in [-0.05, 0) is 25.7 Å². The number of hydrogen-bond acceptors (Lipinski definition) is 3. The van der Waals surface area contributed by atoms with Crippen LogP contribution >= 0.6 is 0 Å². The van der Waals surface area contributed by atoms with Gasteiger partial charge < -0.3 is 4.74 Å². The van der Waals surface area contributed by atoms with Crippen LogP contribution < -0.4 is 4.74 Å². The first-order valence-corrected chi connectivity index (χ1v) is 5.27. The van der Waals surface area contributed by atoms with Gasteiger partial charge >= 0.3 is 0 Å². The highest BCUT2D eigenvalue weighted by Crippen LogP contribution is 2.43. The number of pyridine rings is 1. The molecule has 0 aliphatic heterocycles. The third-order valence-electron chi connectivity index (χ3n) is 2.99. The summed E-state index contributed by atoms with van der Waals surface area (Å²) >= 11 is 0. The Bertz CT molecular complexity index is 449. The molecular formula is C12H13FN2O. The molecular weight excluding hydrogens is 207 g/mol. The van der Waals surface area contributed by atoms with Gasteiger partial charge in [0.05, 0.1) is 31.0 Å². The monoisotopic (exact) mass is 220 g/mol. The smallest absolute Gasteiger partial charge is 0.183 e. The van der Waals surface area contributed by atoms with Gasteiger partial charge in [-0.2, -0.15) is 5.26 Å². The van der Waals surface area contributed by atoms with E-state index < -0.39 is 5.82 Å². The lowest BCUT2D eigenvalue weighted by molar-refractivity contribution is 0.380. The molecule has 0 N–H and O–H groups in total. The normalized spacial score (nSPS) is 16.6. The molecule has 0 spiro atoms. The lowest BCUT2D eigenvalue weighted by Crippen LogP contribution is -2.06. The molecule has 0 aromatic carbocycles. The quantitative estimate of drug-likeness (QED) is 0.786. The van der Waals surface area contributed by atoms with Crippen LogP contribution in [0.3, 0.4) is 0 Å². The van der Waals surface area contributed by atoms with Crippen molar-refractivity contribution in [1.29, 1.82) is 5.26 Å². The van der Waals surface area contributed by atoms with Crippen molar-refractivity contribution in [3.63, 3.8) is 0 Å². The molecule has 1 aromatic heterocycles. The van der Waals surface area contributed by atoms with E-state index in [2.05, 4.69) is 11.1 Å². The van der Waals surface area contributed by atoms with Crippen LogP contribution in [0.1, 0.15) is 30.0 Å². The van der Waals surface area contributed by atoms with Crippen molar-refractivity contribution in [1.82, 2.24) is 4.98 Å². The average Bonchev–Trinajstić information content (AvgIpc) is 3.07. The van der Waals surface area contributed by atoms with Crippen LogP contribution in [-0.4, -0.2) is 12.1 Å². The maximum atomic E-state index is 13.3. The molecule has 1 unspecified atom stereocenters. The number of aromatic nitrogens is 1. The summed E-state index contributed by atoms with van der Waals surface area (Å²) in [7, 11) is 1.42. The number of methoxy groups -OCH3 is 1. The highest BCUT2D eigenvalue weighted by Gasteiger charge is 2.35. The van der Waals surface area contributed by atoms with E-state index in [1.165, 1.54) is 7.11 Å². The first-order chi connectivity index (χ1) is 7.69. The van der Waals surface area contributed by atoms with E-state index in [1.807, 2.05) is 0 Å². The van der Waals surface area contributed by atoms with Gasteiger partial charge in [0.15, 0.2) is 11.6 Å². The fraction of sp³-hybridized carbons (Fsp3) is 0.500. The largest absolute Gasteiger partial charge is 0.493 e. The molecule has 1 aliphatic carbocycles. The van der Waals surface area contributed by atoms with Crippen LogP contribution in [0.15, 0.2) is 6.20 Å². The summed E-state index contributed by atoms with van der Waals surface area (Å²) in [6.45, 7) is 1.75. The molecule has 1 aliphatic rings. The second-order valence-corrected chi connectivity index (χ2v) is 4.09. The maximum absolute atomic E-state index is 13.3. The van der Waals surface area contributed by atoms with Crippen LogP contribution in [0.5, 0.6) is 5.75 Å². The minimum Gasteiger partial charge on any atom is -0.493 e. The summed E-state index contributed by atoms with van der Waals surface area (Å²) in [4.78, 5) is 4.04. The summed E-state index contributed by atoms with van der Waals surface area (Å²) in [5.41, 5.74) is 1.30. The van der Waals surface area contributed by atoms with Crippen molar-refractivity contribution < 1.29 is 9.13 Å². The van der Waals surface area contributed by atoms with Crippen molar-refractivity contribution in [2.24, 2.45) is 5.92 Å². The van der Waals surface area contributed by atoms with Crippen LogP contribution in [0.4, 0.5) is 4.39 Å². The molecule has 1 fully saturated rings. The Kier molecular flexibility index (Phi) is 2.78. The van der Waals surface area contributed by atoms with E-state index in [1.54, 1.807) is 6.92 Å². The molecule has 0 amide bonds. The SMILES string of the molecule is COc1c(F)cnc(C(C#N)C2CC2)c1C. The van der Waals surface area contributed by atoms with E-state index >= 15 is 0 Å². The third kappa shape index (κ3) is 1.73. The Balaban J connectivity index is 2.45. The Morgan fingerprint density at radius 2 is 2.31 bits per heavy atom. The second kappa shape index (κ2) is 4.09. The summed E-state index contributed by atoms with van der Waals surface area (Å²) in [5, 5.41) is 9.12. The van der Waals surface area contributed by atoms with Crippen molar-refractivity contribution in [3.05, 3.63) is 23.3 Å². The van der Waals surface area contributed by atoms with Gasteiger partial charge in [0.25, 0.3) is 0 Å². The number of hydrogen-bond donors (Lipinski definition) is 0. The molecule has 4 heteroatoms. The molecule has 84 valence electrons. The molecule has 1 atom stereocenters. The molecule has 16 heavy (non-hydrogen) atoms. The summed E-state index contributed by atoms with van der Waals surface area (Å²) < 4.78 is 18.3. The van der Waals surface area contributed by atoms with E-state index in [-0.39, 0.29) is 11.7 Å². The standard InChI is InChI=1S/C12H13FN2O/c1-7-11(9(5-14)8-3-4-8)15-6-10(13)12(7)16-2/h6,8-9H,3-4H2,1-2H3. The highest BCUT2D eigenvalue weighted by molar-refractivity contribution is 5.40. The predicted octanol–water partition coefficient (Wildman–Crippen LogP) is 2.55. The molecule has 3 nitrogen and oxygen atoms in total. The van der Waals surface area contributed by atoms with Crippen molar-refractivity contribution in [2.45, 2.75) is 25.7 Å². The van der Waals surface area contributed by atoms with Gasteiger partial charge in [0, 0.05) is 5.56 Å². The molecule has 1 heterocycles. The summed E-state index contributed by atoms with van der Waals surface area (Å²) in [5.74, 6) is -0.122. The Hall–Kier alpha value is -1.63. The molecule has 1 saturated carbocycles. The van der Waals surface area contributed by atoms with Crippen LogP contribution in [0, 0.1) is 30.0 Å². The molecule has 0 radical (unpaired) electrons. The van der Waals surface area contributed by atoms with E-state index in [0.29, 0.717) is 17.2 Å². The fourth-order valence-corrected chi connectivity index (χ4v) is 1.96. The number of halogens is 1. The third-order valence-corrected chi connectivity index (χ3v) is 2.99. The van der Waals surface area contributed by atoms with Crippen LogP contribution in [0.25, 0.3) is 0 Å². The zero-order valence-electron chi connectivity index (χ0n) is 9.33. The van der Waals surface area contributed by atoms with Crippen molar-refractivity contribution >= 4 is 0 Å². The second-order valence-electron chi connectivity index (χ2n) is 4.09. The minimum atomic E-state index is -0.476. The summed E-state index contributed by atoms with van der Waals surface area (Å²) in [6.07, 6.45) is 3.24. The first kappa shape index (κ1) is 10.9. The zero-order chi connectivity index (χ0) is 11.7. The molecule has 2 rings (SSSR count). The molecule has 0 saturated heterocycles. The van der Waals surface area contributed by atoms with E-state index in [0.717, 1.165) is 19.0 Å². The Morgan fingerprint density at radius 1 is 1.62 bits per heavy atom. The van der Waals surface area contributed by atoms with Gasteiger partial charge in [-0.3, -0.25) is 4.98 Å². The minimum absolute atomic E-state index is 0.200. The molecule has 1 aromatic rings. The van der Waals surface area contributed by atoms with Crippen molar-refractivity contribution in [3.8, 4) is 11.8 Å².